The van der Waals surface area contributed by atoms with Crippen LogP contribution in [0, 0.1) is 6.92 Å². The van der Waals surface area contributed by atoms with Crippen molar-refractivity contribution < 1.29 is 14.9 Å². The molecular formula is C12H19N3O5. The largest absolute Gasteiger partial charge is 0.394 e. The Morgan fingerprint density at radius 3 is 2.75 bits per heavy atom. The van der Waals surface area contributed by atoms with Gasteiger partial charge in [-0.2, -0.15) is 0 Å². The third-order valence-electron chi connectivity index (χ3n) is 3.41. The predicted molar refractivity (Wildman–Crippen MR) is 70.4 cm³/mol. The molecule has 0 saturated carbocycles. The van der Waals surface area contributed by atoms with E-state index in [1.807, 2.05) is 0 Å². The van der Waals surface area contributed by atoms with Gasteiger partial charge in [-0.3, -0.25) is 13.9 Å². The van der Waals surface area contributed by atoms with Crippen molar-refractivity contribution in [1.29, 1.82) is 0 Å². The minimum atomic E-state index is -0.841. The molecule has 1 saturated heterocycles. The maximum atomic E-state index is 12.3. The Morgan fingerprint density at radius 1 is 1.50 bits per heavy atom. The minimum absolute atomic E-state index is 0.123. The highest BCUT2D eigenvalue weighted by Gasteiger charge is 2.35. The van der Waals surface area contributed by atoms with Crippen molar-refractivity contribution in [3.05, 3.63) is 32.6 Å². The number of rotatable bonds is 4. The zero-order valence-corrected chi connectivity index (χ0v) is 11.2. The number of aliphatic hydroxyl groups is 2. The van der Waals surface area contributed by atoms with Gasteiger partial charge >= 0.3 is 5.69 Å². The predicted octanol–water partition coefficient (Wildman–Crippen LogP) is -2.08. The number of nitrogens with two attached hydrogens (primary N) is 1. The first-order valence-electron chi connectivity index (χ1n) is 6.46. The molecule has 1 aliphatic heterocycles. The summed E-state index contributed by atoms with van der Waals surface area (Å²) in [5.41, 5.74) is 4.89. The zero-order chi connectivity index (χ0) is 14.9. The Labute approximate surface area is 115 Å². The molecule has 0 aliphatic carbocycles. The van der Waals surface area contributed by atoms with Crippen LogP contribution in [0.15, 0.2) is 15.8 Å². The number of aryl methyl sites for hydroxylation is 1. The number of aliphatic hydroxyl groups excluding tert-OH is 2. The Kier molecular flexibility index (Phi) is 4.39. The van der Waals surface area contributed by atoms with Crippen LogP contribution in [0.4, 0.5) is 0 Å². The van der Waals surface area contributed by atoms with Gasteiger partial charge in [-0.1, -0.05) is 0 Å². The normalized spacial score (nSPS) is 26.1. The van der Waals surface area contributed by atoms with Gasteiger partial charge in [0.1, 0.15) is 12.3 Å². The van der Waals surface area contributed by atoms with E-state index in [2.05, 4.69) is 0 Å². The van der Waals surface area contributed by atoms with Crippen LogP contribution in [-0.2, 0) is 11.3 Å². The molecule has 0 amide bonds. The maximum Gasteiger partial charge on any atom is 0.333 e. The first-order valence-corrected chi connectivity index (χ1v) is 6.46. The topological polar surface area (TPSA) is 120 Å². The number of nitrogens with zero attached hydrogens (tertiary/aromatic N) is 2. The average molecular weight is 285 g/mol. The molecule has 0 spiro atoms. The fourth-order valence-corrected chi connectivity index (χ4v) is 2.34. The summed E-state index contributed by atoms with van der Waals surface area (Å²) in [6.45, 7) is 1.57. The average Bonchev–Trinajstić information content (AvgIpc) is 2.80. The van der Waals surface area contributed by atoms with Crippen LogP contribution in [0.3, 0.4) is 0 Å². The van der Waals surface area contributed by atoms with E-state index in [9.17, 15) is 14.7 Å². The van der Waals surface area contributed by atoms with Gasteiger partial charge in [0, 0.05) is 31.3 Å². The Bertz CT molecular complexity index is 594. The number of ether oxygens (including phenoxy) is 1. The molecule has 2 rings (SSSR count). The van der Waals surface area contributed by atoms with E-state index in [0.717, 1.165) is 4.57 Å². The molecule has 4 N–H and O–H groups in total. The van der Waals surface area contributed by atoms with Crippen LogP contribution in [0.1, 0.15) is 18.2 Å². The fourth-order valence-electron chi connectivity index (χ4n) is 2.34. The first kappa shape index (κ1) is 14.9. The molecule has 1 fully saturated rings. The molecule has 1 aromatic rings. The summed E-state index contributed by atoms with van der Waals surface area (Å²) in [4.78, 5) is 24.2. The highest BCUT2D eigenvalue weighted by molar-refractivity contribution is 5.04. The Balaban J connectivity index is 2.43. The van der Waals surface area contributed by atoms with E-state index >= 15 is 0 Å². The van der Waals surface area contributed by atoms with Gasteiger partial charge in [0.05, 0.1) is 12.7 Å². The molecule has 3 unspecified atom stereocenters. The summed E-state index contributed by atoms with van der Waals surface area (Å²) in [5, 5.41) is 18.8. The molecule has 8 nitrogen and oxygen atoms in total. The lowest BCUT2D eigenvalue weighted by Crippen LogP contribution is -2.43. The Morgan fingerprint density at radius 2 is 2.20 bits per heavy atom. The number of hydrogen-bond donors (Lipinski definition) is 3. The summed E-state index contributed by atoms with van der Waals surface area (Å²) in [5.74, 6) is 0. The molecule has 0 bridgehead atoms. The zero-order valence-electron chi connectivity index (χ0n) is 11.2. The molecule has 0 radical (unpaired) electrons. The van der Waals surface area contributed by atoms with Crippen molar-refractivity contribution in [2.24, 2.45) is 5.73 Å². The molecule has 1 aliphatic rings. The lowest BCUT2D eigenvalue weighted by Gasteiger charge is -2.17. The first-order chi connectivity index (χ1) is 9.49. The van der Waals surface area contributed by atoms with E-state index in [4.69, 9.17) is 15.6 Å². The van der Waals surface area contributed by atoms with E-state index in [-0.39, 0.29) is 31.7 Å². The van der Waals surface area contributed by atoms with Crippen LogP contribution in [0.2, 0.25) is 0 Å². The molecule has 8 heteroatoms. The van der Waals surface area contributed by atoms with Crippen molar-refractivity contribution in [2.75, 3.05) is 13.2 Å². The molecule has 3 atom stereocenters. The second-order valence-corrected chi connectivity index (χ2v) is 4.86. The van der Waals surface area contributed by atoms with Crippen LogP contribution in [0.25, 0.3) is 0 Å². The summed E-state index contributed by atoms with van der Waals surface area (Å²) in [6.07, 6.45) is -0.660. The van der Waals surface area contributed by atoms with Crippen LogP contribution in [0.5, 0.6) is 0 Å². The summed E-state index contributed by atoms with van der Waals surface area (Å²) in [6, 6.07) is 0. The SMILES string of the molecule is Cc1cn(C2CC(O)C(CO)O2)c(=O)n(CCN)c1=O. The van der Waals surface area contributed by atoms with E-state index in [1.54, 1.807) is 6.92 Å². The molecule has 20 heavy (non-hydrogen) atoms. The lowest BCUT2D eigenvalue weighted by atomic mass is 10.2. The van der Waals surface area contributed by atoms with E-state index < -0.39 is 24.1 Å². The Hall–Kier alpha value is -1.48. The van der Waals surface area contributed by atoms with Crippen LogP contribution in [-0.4, -0.2) is 44.7 Å². The fraction of sp³-hybridized carbons (Fsp3) is 0.667. The van der Waals surface area contributed by atoms with Gasteiger partial charge in [0.15, 0.2) is 0 Å². The molecule has 0 aromatic carbocycles. The van der Waals surface area contributed by atoms with E-state index in [0.29, 0.717) is 5.56 Å². The van der Waals surface area contributed by atoms with Gasteiger partial charge in [-0.25, -0.2) is 4.79 Å². The maximum absolute atomic E-state index is 12.3. The van der Waals surface area contributed by atoms with Crippen molar-refractivity contribution in [3.8, 4) is 0 Å². The molecular weight excluding hydrogens is 266 g/mol. The minimum Gasteiger partial charge on any atom is -0.394 e. The highest BCUT2D eigenvalue weighted by Crippen LogP contribution is 2.27. The third-order valence-corrected chi connectivity index (χ3v) is 3.41. The van der Waals surface area contributed by atoms with Crippen molar-refractivity contribution in [3.63, 3.8) is 0 Å². The van der Waals surface area contributed by atoms with E-state index in [1.165, 1.54) is 10.8 Å². The molecule has 2 heterocycles. The summed E-state index contributed by atoms with van der Waals surface area (Å²) >= 11 is 0. The molecule has 1 aromatic heterocycles. The summed E-state index contributed by atoms with van der Waals surface area (Å²) < 4.78 is 7.76. The highest BCUT2D eigenvalue weighted by atomic mass is 16.5. The third kappa shape index (κ3) is 2.55. The van der Waals surface area contributed by atoms with Crippen LogP contribution >= 0.6 is 0 Å². The number of hydrogen-bond acceptors (Lipinski definition) is 6. The monoisotopic (exact) mass is 285 g/mol. The standard InChI is InChI=1S/C12H19N3O5/c1-7-5-15(10-4-8(17)9(6-16)20-10)12(19)14(3-2-13)11(7)18/h5,8-10,16-17H,2-4,6,13H2,1H3. The van der Waals surface area contributed by atoms with Crippen molar-refractivity contribution in [1.82, 2.24) is 9.13 Å². The number of aromatic nitrogens is 2. The molecule has 112 valence electrons. The summed E-state index contributed by atoms with van der Waals surface area (Å²) in [7, 11) is 0. The second-order valence-electron chi connectivity index (χ2n) is 4.86. The smallest absolute Gasteiger partial charge is 0.333 e. The van der Waals surface area contributed by atoms with Gasteiger partial charge in [-0.15, -0.1) is 0 Å². The van der Waals surface area contributed by atoms with Crippen molar-refractivity contribution in [2.45, 2.75) is 38.3 Å². The van der Waals surface area contributed by atoms with Gasteiger partial charge in [-0.05, 0) is 6.92 Å². The second kappa shape index (κ2) is 5.88. The van der Waals surface area contributed by atoms with Gasteiger partial charge < -0.3 is 20.7 Å². The van der Waals surface area contributed by atoms with Gasteiger partial charge in [0.25, 0.3) is 5.56 Å². The lowest BCUT2D eigenvalue weighted by molar-refractivity contribution is -0.0463. The van der Waals surface area contributed by atoms with Gasteiger partial charge in [0.2, 0.25) is 0 Å². The quantitative estimate of drug-likeness (QED) is 0.584. The van der Waals surface area contributed by atoms with Crippen molar-refractivity contribution >= 4 is 0 Å². The van der Waals surface area contributed by atoms with Crippen LogP contribution < -0.4 is 17.0 Å².